The fourth-order valence-corrected chi connectivity index (χ4v) is 3.90. The molecule has 4 nitrogen and oxygen atoms in total. The van der Waals surface area contributed by atoms with Crippen molar-refractivity contribution in [3.8, 4) is 0 Å². The minimum absolute atomic E-state index is 0.0325. The highest BCUT2D eigenvalue weighted by atomic mass is 35.5. The standard InChI is InChI=1S/C10H14O4.C6H6Cl6/c1-7(2)9(11)13-5-6-14-10(12)8(3)4;7-1-2(8)4(10)6(12)5(11)3(1)9/h1,3,5-6H2,2,4H3;1-6H/t;1-,2-,3-,4+,5+,6+. The van der Waals surface area contributed by atoms with E-state index in [9.17, 15) is 9.59 Å². The lowest BCUT2D eigenvalue weighted by Gasteiger charge is -2.37. The zero-order valence-corrected chi connectivity index (χ0v) is 18.7. The number of carbonyl (C=O) groups is 2. The van der Waals surface area contributed by atoms with Crippen molar-refractivity contribution in [3.05, 3.63) is 24.3 Å². The highest BCUT2D eigenvalue weighted by molar-refractivity contribution is 6.45. The summed E-state index contributed by atoms with van der Waals surface area (Å²) in [6, 6.07) is 0. The highest BCUT2D eigenvalue weighted by Crippen LogP contribution is 2.39. The van der Waals surface area contributed by atoms with Crippen LogP contribution in [0.1, 0.15) is 13.8 Å². The molecule has 0 N–H and O–H groups in total. The summed E-state index contributed by atoms with van der Waals surface area (Å²) in [5, 5.41) is -2.62. The lowest BCUT2D eigenvalue weighted by molar-refractivity contribution is -0.147. The Morgan fingerprint density at radius 3 is 1.00 bits per heavy atom. The van der Waals surface area contributed by atoms with E-state index in [0.717, 1.165) is 0 Å². The Hall–Kier alpha value is 0.160. The van der Waals surface area contributed by atoms with E-state index in [1.807, 2.05) is 0 Å². The molecule has 10 heteroatoms. The second kappa shape index (κ2) is 12.6. The minimum atomic E-state index is -0.489. The second-order valence-electron chi connectivity index (χ2n) is 5.50. The molecule has 0 spiro atoms. The Kier molecular flexibility index (Phi) is 12.7. The zero-order chi connectivity index (χ0) is 20.6. The number of halogens is 6. The van der Waals surface area contributed by atoms with E-state index in [-0.39, 0.29) is 13.2 Å². The first-order valence-corrected chi connectivity index (χ1v) is 10.0. The van der Waals surface area contributed by atoms with E-state index < -0.39 is 44.2 Å². The minimum Gasteiger partial charge on any atom is -0.459 e. The summed E-state index contributed by atoms with van der Waals surface area (Å²) in [7, 11) is 0. The van der Waals surface area contributed by atoms with E-state index in [1.165, 1.54) is 0 Å². The van der Waals surface area contributed by atoms with E-state index in [0.29, 0.717) is 11.1 Å². The molecule has 26 heavy (non-hydrogen) atoms. The van der Waals surface area contributed by atoms with Gasteiger partial charge >= 0.3 is 11.9 Å². The second-order valence-corrected chi connectivity index (χ2v) is 8.52. The van der Waals surface area contributed by atoms with Gasteiger partial charge in [-0.05, 0) is 13.8 Å². The lowest BCUT2D eigenvalue weighted by atomic mass is 9.97. The number of alkyl halides is 6. The lowest BCUT2D eigenvalue weighted by Crippen LogP contribution is -2.52. The van der Waals surface area contributed by atoms with Gasteiger partial charge < -0.3 is 9.47 Å². The summed E-state index contributed by atoms with van der Waals surface area (Å²) in [4.78, 5) is 21.7. The molecule has 0 amide bonds. The van der Waals surface area contributed by atoms with Gasteiger partial charge in [-0.15, -0.1) is 69.6 Å². The van der Waals surface area contributed by atoms with Crippen molar-refractivity contribution in [3.63, 3.8) is 0 Å². The molecule has 0 aromatic heterocycles. The molecule has 0 bridgehead atoms. The predicted molar refractivity (Wildman–Crippen MR) is 109 cm³/mol. The van der Waals surface area contributed by atoms with Gasteiger partial charge in [0.25, 0.3) is 0 Å². The van der Waals surface area contributed by atoms with Crippen LogP contribution in [0.2, 0.25) is 0 Å². The maximum Gasteiger partial charge on any atom is 0.333 e. The molecule has 0 unspecified atom stereocenters. The van der Waals surface area contributed by atoms with Gasteiger partial charge in [-0.25, -0.2) is 9.59 Å². The van der Waals surface area contributed by atoms with E-state index in [4.69, 9.17) is 69.6 Å². The van der Waals surface area contributed by atoms with Crippen LogP contribution in [0.25, 0.3) is 0 Å². The first-order chi connectivity index (χ1) is 11.9. The van der Waals surface area contributed by atoms with E-state index >= 15 is 0 Å². The van der Waals surface area contributed by atoms with E-state index in [1.54, 1.807) is 13.8 Å². The summed E-state index contributed by atoms with van der Waals surface area (Å²) < 4.78 is 9.38. The van der Waals surface area contributed by atoms with Gasteiger partial charge in [-0.3, -0.25) is 0 Å². The molecule has 1 aliphatic rings. The fraction of sp³-hybridized carbons (Fsp3) is 0.625. The van der Waals surface area contributed by atoms with Crippen molar-refractivity contribution >= 4 is 81.5 Å². The molecule has 1 saturated carbocycles. The van der Waals surface area contributed by atoms with Gasteiger partial charge in [0.1, 0.15) is 13.2 Å². The number of hydrogen-bond donors (Lipinski definition) is 0. The predicted octanol–water partition coefficient (Wildman–Crippen LogP) is 4.87. The molecule has 0 radical (unpaired) electrons. The van der Waals surface area contributed by atoms with Gasteiger partial charge in [-0.2, -0.15) is 0 Å². The fourth-order valence-electron chi connectivity index (χ4n) is 1.57. The molecule has 150 valence electrons. The van der Waals surface area contributed by atoms with Crippen LogP contribution in [0.4, 0.5) is 0 Å². The molecule has 1 aliphatic carbocycles. The molecule has 0 aromatic rings. The maximum absolute atomic E-state index is 10.8. The maximum atomic E-state index is 10.8. The average molecular weight is 489 g/mol. The summed E-state index contributed by atoms with van der Waals surface area (Å²) in [6.45, 7) is 9.95. The van der Waals surface area contributed by atoms with Crippen LogP contribution >= 0.6 is 69.6 Å². The third-order valence-electron chi connectivity index (χ3n) is 3.07. The first kappa shape index (κ1) is 26.2. The van der Waals surface area contributed by atoms with Crippen molar-refractivity contribution in [2.45, 2.75) is 46.1 Å². The van der Waals surface area contributed by atoms with Crippen LogP contribution in [-0.2, 0) is 19.1 Å². The highest BCUT2D eigenvalue weighted by Gasteiger charge is 2.46. The number of hydrogen-bond acceptors (Lipinski definition) is 4. The third kappa shape index (κ3) is 8.45. The van der Waals surface area contributed by atoms with Crippen molar-refractivity contribution in [1.82, 2.24) is 0 Å². The van der Waals surface area contributed by atoms with Gasteiger partial charge in [0.05, 0.1) is 32.3 Å². The number of rotatable bonds is 5. The summed E-state index contributed by atoms with van der Waals surface area (Å²) in [5.74, 6) is -0.979. The summed E-state index contributed by atoms with van der Waals surface area (Å²) >= 11 is 35.3. The van der Waals surface area contributed by atoms with Crippen molar-refractivity contribution < 1.29 is 19.1 Å². The molecule has 0 aromatic carbocycles. The number of ether oxygens (including phenoxy) is 2. The van der Waals surface area contributed by atoms with Crippen LogP contribution in [0.5, 0.6) is 0 Å². The summed E-state index contributed by atoms with van der Waals surface area (Å²) in [6.07, 6.45) is 0. The monoisotopic (exact) mass is 486 g/mol. The van der Waals surface area contributed by atoms with Crippen LogP contribution in [0.15, 0.2) is 24.3 Å². The quantitative estimate of drug-likeness (QED) is 0.240. The average Bonchev–Trinajstić information content (AvgIpc) is 2.60. The third-order valence-corrected chi connectivity index (χ3v) is 7.10. The first-order valence-electron chi connectivity index (χ1n) is 7.41. The van der Waals surface area contributed by atoms with Crippen LogP contribution in [-0.4, -0.2) is 57.4 Å². The molecule has 0 atom stereocenters. The zero-order valence-electron chi connectivity index (χ0n) is 14.2. The Balaban J connectivity index is 0.000000485. The largest absolute Gasteiger partial charge is 0.459 e. The topological polar surface area (TPSA) is 52.6 Å². The van der Waals surface area contributed by atoms with Gasteiger partial charge in [0.2, 0.25) is 0 Å². The number of esters is 2. The molecule has 0 saturated heterocycles. The SMILES string of the molecule is C=C(C)C(=O)OCCOC(=O)C(=C)C.Cl[C@H]1[C@H](Cl)[C@@H](Cl)[C@@H](Cl)[C@H](Cl)[C@H]1Cl. The molecule has 1 rings (SSSR count). The molecule has 1 fully saturated rings. The Bertz CT molecular complexity index is 440. The van der Waals surface area contributed by atoms with Crippen LogP contribution < -0.4 is 0 Å². The Labute approximate surface area is 183 Å². The smallest absolute Gasteiger partial charge is 0.333 e. The molecular formula is C16H20Cl6O4. The normalized spacial score (nSPS) is 30.5. The molecule has 0 heterocycles. The number of carbonyl (C=O) groups excluding carboxylic acids is 2. The van der Waals surface area contributed by atoms with E-state index in [2.05, 4.69) is 22.6 Å². The van der Waals surface area contributed by atoms with Crippen molar-refractivity contribution in [2.24, 2.45) is 0 Å². The van der Waals surface area contributed by atoms with Gasteiger partial charge in [0.15, 0.2) is 0 Å². The van der Waals surface area contributed by atoms with Crippen LogP contribution in [0, 0.1) is 0 Å². The van der Waals surface area contributed by atoms with Crippen molar-refractivity contribution in [1.29, 1.82) is 0 Å². The molecular weight excluding hydrogens is 469 g/mol. The Morgan fingerprint density at radius 1 is 0.654 bits per heavy atom. The van der Waals surface area contributed by atoms with Gasteiger partial charge in [0, 0.05) is 11.1 Å². The Morgan fingerprint density at radius 2 is 0.846 bits per heavy atom. The van der Waals surface area contributed by atoms with Gasteiger partial charge in [-0.1, -0.05) is 13.2 Å². The summed E-state index contributed by atoms with van der Waals surface area (Å²) in [5.41, 5.74) is 0.632. The van der Waals surface area contributed by atoms with Crippen molar-refractivity contribution in [2.75, 3.05) is 13.2 Å². The molecule has 0 aliphatic heterocycles. The van der Waals surface area contributed by atoms with Crippen LogP contribution in [0.3, 0.4) is 0 Å².